The molecule has 2 heterocycles. The summed E-state index contributed by atoms with van der Waals surface area (Å²) in [6.07, 6.45) is 2.85. The number of nitrogens with one attached hydrogen (secondary N) is 3. The van der Waals surface area contributed by atoms with Crippen LogP contribution in [-0.4, -0.2) is 83.5 Å². The Balaban J connectivity index is 1.77. The van der Waals surface area contributed by atoms with Crippen molar-refractivity contribution in [3.05, 3.63) is 47.7 Å². The lowest BCUT2D eigenvalue weighted by Crippen LogP contribution is -2.62. The highest BCUT2D eigenvalue weighted by atomic mass is 16.8. The predicted octanol–water partition coefficient (Wildman–Crippen LogP) is 2.24. The molecule has 14 heteroatoms. The van der Waals surface area contributed by atoms with E-state index in [-0.39, 0.29) is 18.6 Å². The highest BCUT2D eigenvalue weighted by Gasteiger charge is 2.33. The van der Waals surface area contributed by atoms with E-state index in [1.54, 1.807) is 46.8 Å². The first-order chi connectivity index (χ1) is 23.2. The van der Waals surface area contributed by atoms with Gasteiger partial charge in [-0.05, 0) is 70.6 Å². The van der Waals surface area contributed by atoms with Gasteiger partial charge in [-0.15, -0.1) is 0 Å². The summed E-state index contributed by atoms with van der Waals surface area (Å²) in [7, 11) is 0. The predicted molar refractivity (Wildman–Crippen MR) is 179 cm³/mol. The normalized spacial score (nSPS) is 17.4. The summed E-state index contributed by atoms with van der Waals surface area (Å²) in [5, 5.41) is 18.9. The van der Waals surface area contributed by atoms with Crippen molar-refractivity contribution in [3.63, 3.8) is 0 Å². The fraction of sp³-hybridized carbons (Fsp3) is 0.543. The Morgan fingerprint density at radius 2 is 1.76 bits per heavy atom. The first-order valence-electron chi connectivity index (χ1n) is 16.6. The van der Waals surface area contributed by atoms with Crippen LogP contribution >= 0.6 is 0 Å². The van der Waals surface area contributed by atoms with E-state index in [2.05, 4.69) is 21.0 Å². The number of rotatable bonds is 15. The molecule has 0 radical (unpaired) electrons. The van der Waals surface area contributed by atoms with Crippen LogP contribution in [0.25, 0.3) is 17.0 Å². The van der Waals surface area contributed by atoms with Crippen molar-refractivity contribution < 1.29 is 43.3 Å². The number of carbonyl (C=O) groups is 5. The maximum absolute atomic E-state index is 13.8. The maximum atomic E-state index is 13.8. The monoisotopic (exact) mass is 682 g/mol. The van der Waals surface area contributed by atoms with Gasteiger partial charge in [0.2, 0.25) is 11.8 Å². The molecule has 2 aromatic rings. The smallest absolute Gasteiger partial charge is 0.510 e. The van der Waals surface area contributed by atoms with Crippen molar-refractivity contribution >= 4 is 46.8 Å². The van der Waals surface area contributed by atoms with E-state index in [1.165, 1.54) is 11.9 Å². The lowest BCUT2D eigenvalue weighted by atomic mass is 9.97. The molecular weight excluding hydrogens is 634 g/mol. The number of nitrogens with zero attached hydrogens (tertiary/aromatic N) is 2. The average molecular weight is 683 g/mol. The van der Waals surface area contributed by atoms with Crippen molar-refractivity contribution in [3.8, 4) is 0 Å². The zero-order valence-corrected chi connectivity index (χ0v) is 29.2. The number of amides is 3. The van der Waals surface area contributed by atoms with E-state index in [9.17, 15) is 29.1 Å². The molecule has 14 nitrogen and oxygen atoms in total. The molecule has 3 N–H and O–H groups in total. The van der Waals surface area contributed by atoms with Crippen LogP contribution in [0.1, 0.15) is 72.6 Å². The minimum atomic E-state index is -1.32. The van der Waals surface area contributed by atoms with Crippen molar-refractivity contribution in [1.82, 2.24) is 26.1 Å². The molecule has 268 valence electrons. The molecule has 49 heavy (non-hydrogen) atoms. The third-order valence-corrected chi connectivity index (χ3v) is 7.99. The van der Waals surface area contributed by atoms with E-state index >= 15 is 0 Å². The van der Waals surface area contributed by atoms with Crippen LogP contribution < -0.4 is 21.2 Å². The van der Waals surface area contributed by atoms with Crippen molar-refractivity contribution in [1.29, 1.82) is 0 Å². The number of ether oxygens (including phenoxy) is 3. The number of carboxylic acids is 1. The summed E-state index contributed by atoms with van der Waals surface area (Å²) in [6.45, 7) is 11.8. The third kappa shape index (κ3) is 11.5. The Hall–Kier alpha value is -4.56. The summed E-state index contributed by atoms with van der Waals surface area (Å²) >= 11 is 0. The van der Waals surface area contributed by atoms with Gasteiger partial charge in [0, 0.05) is 17.6 Å². The van der Waals surface area contributed by atoms with E-state index in [4.69, 9.17) is 14.2 Å². The van der Waals surface area contributed by atoms with Crippen LogP contribution in [0.15, 0.2) is 36.4 Å². The Labute approximate surface area is 286 Å². The molecule has 1 aromatic carbocycles. The lowest BCUT2D eigenvalue weighted by molar-refractivity contribution is -0.310. The van der Waals surface area contributed by atoms with Crippen LogP contribution in [0.4, 0.5) is 4.79 Å². The molecule has 1 aliphatic rings. The molecule has 1 fully saturated rings. The van der Waals surface area contributed by atoms with Crippen LogP contribution in [0, 0.1) is 11.8 Å². The quantitative estimate of drug-likeness (QED) is 0.185. The number of aryl methyl sites for hydroxylation is 1. The molecule has 0 aliphatic carbocycles. The summed E-state index contributed by atoms with van der Waals surface area (Å²) in [5.74, 6) is -4.30. The van der Waals surface area contributed by atoms with Crippen LogP contribution in [0.5, 0.6) is 0 Å². The van der Waals surface area contributed by atoms with E-state index in [0.29, 0.717) is 12.8 Å². The van der Waals surface area contributed by atoms with Gasteiger partial charge >= 0.3 is 6.16 Å². The summed E-state index contributed by atoms with van der Waals surface area (Å²) < 4.78 is 15.7. The number of carbonyl (C=O) groups excluding carboxylic acids is 5. The van der Waals surface area contributed by atoms with E-state index in [0.717, 1.165) is 28.6 Å². The molecule has 0 saturated carbocycles. The number of aliphatic carboxylic acids is 1. The first kappa shape index (κ1) is 38.9. The molecule has 1 saturated heterocycles. The standard InChI is InChI=1S/C35H49N5O9/c1-8-26-15-14-25-13-11-24(18-29(25)37-26)12-16-27(23(7)47-19-48-35(46)49-21(4)5)31(41)38-30(20(2)3)32(42)36-22(6)33(43)40-17-9-10-28(39-40)34(44)45/h11-16,18,20-23,27-28,30,39H,8-10,17,19H2,1-7H3,(H,36,42)(H,38,41)(H,44,45)/p-1/b16-12+/t22-,23-,27+,28-,30-/m0/s1. The van der Waals surface area contributed by atoms with Gasteiger partial charge in [0.25, 0.3) is 5.91 Å². The molecule has 1 aliphatic heterocycles. The van der Waals surface area contributed by atoms with Gasteiger partial charge in [-0.3, -0.25) is 24.4 Å². The van der Waals surface area contributed by atoms with Gasteiger partial charge in [-0.25, -0.2) is 10.2 Å². The molecule has 0 spiro atoms. The van der Waals surface area contributed by atoms with Crippen LogP contribution in [-0.2, 0) is 39.8 Å². The number of hydrazine groups is 1. The molecule has 1 aromatic heterocycles. The second-order valence-electron chi connectivity index (χ2n) is 12.6. The largest absolute Gasteiger partial charge is 0.548 e. The van der Waals surface area contributed by atoms with Gasteiger partial charge in [0.1, 0.15) is 12.1 Å². The topological polar surface area (TPSA) is 188 Å². The summed E-state index contributed by atoms with van der Waals surface area (Å²) in [6, 6.07) is 6.65. The average Bonchev–Trinajstić information content (AvgIpc) is 3.05. The second-order valence-corrected chi connectivity index (χ2v) is 12.6. The second kappa shape index (κ2) is 18.3. The zero-order valence-electron chi connectivity index (χ0n) is 29.2. The van der Waals surface area contributed by atoms with Crippen molar-refractivity contribution in [2.45, 2.75) is 98.1 Å². The number of fused-ring (bicyclic) bond motifs is 1. The zero-order chi connectivity index (χ0) is 36.2. The Kier molecular flexibility index (Phi) is 14.5. The number of aromatic nitrogens is 1. The molecule has 0 bridgehead atoms. The number of hydrogen-bond acceptors (Lipinski definition) is 11. The molecular formula is C35H48N5O9-. The fourth-order valence-corrected chi connectivity index (χ4v) is 5.17. The fourth-order valence-electron chi connectivity index (χ4n) is 5.17. The highest BCUT2D eigenvalue weighted by molar-refractivity contribution is 5.93. The Morgan fingerprint density at radius 1 is 1.04 bits per heavy atom. The number of hydrogen-bond donors (Lipinski definition) is 3. The number of benzene rings is 1. The van der Waals surface area contributed by atoms with Crippen molar-refractivity contribution in [2.24, 2.45) is 11.8 Å². The lowest BCUT2D eigenvalue weighted by Gasteiger charge is -2.36. The third-order valence-electron chi connectivity index (χ3n) is 7.99. The maximum Gasteiger partial charge on any atom is 0.510 e. The first-order valence-corrected chi connectivity index (χ1v) is 16.6. The SMILES string of the molecule is CCc1ccc2ccc(/C=C/[C@@H](C(=O)N[C@H](C(=O)N[C@@H](C)C(=O)N3CCC[C@@H](C(=O)[O-])N3)C(C)C)[C@H](C)OCOC(=O)OC(C)C)cc2n1. The van der Waals surface area contributed by atoms with Crippen LogP contribution in [0.3, 0.4) is 0 Å². The number of pyridine rings is 1. The van der Waals surface area contributed by atoms with E-state index in [1.807, 2.05) is 37.3 Å². The Morgan fingerprint density at radius 3 is 2.41 bits per heavy atom. The molecule has 5 atom stereocenters. The number of carboxylic acid groups (broad SMARTS) is 1. The highest BCUT2D eigenvalue weighted by Crippen LogP contribution is 2.19. The Bertz CT molecular complexity index is 1510. The molecule has 3 rings (SSSR count). The van der Waals surface area contributed by atoms with Gasteiger partial charge in [-0.1, -0.05) is 51.1 Å². The van der Waals surface area contributed by atoms with E-state index < -0.39 is 66.8 Å². The van der Waals surface area contributed by atoms with Crippen LogP contribution in [0.2, 0.25) is 0 Å². The van der Waals surface area contributed by atoms with Crippen molar-refractivity contribution in [2.75, 3.05) is 13.3 Å². The van der Waals surface area contributed by atoms with Gasteiger partial charge in [0.15, 0.2) is 6.79 Å². The minimum absolute atomic E-state index is 0.269. The van der Waals surface area contributed by atoms with Gasteiger partial charge in [-0.2, -0.15) is 0 Å². The molecule has 0 unspecified atom stereocenters. The van der Waals surface area contributed by atoms with Gasteiger partial charge in [0.05, 0.1) is 35.7 Å². The minimum Gasteiger partial charge on any atom is -0.548 e. The summed E-state index contributed by atoms with van der Waals surface area (Å²) in [5.41, 5.74) is 5.17. The molecule has 3 amide bonds. The summed E-state index contributed by atoms with van der Waals surface area (Å²) in [4.78, 5) is 68.1. The van der Waals surface area contributed by atoms with Gasteiger partial charge < -0.3 is 34.7 Å².